The molecule has 0 saturated carbocycles. The molecule has 10 heteroatoms. The normalized spacial score (nSPS) is 13.9. The lowest BCUT2D eigenvalue weighted by molar-refractivity contribution is -0.122. The summed E-state index contributed by atoms with van der Waals surface area (Å²) in [6.45, 7) is 10.4. The summed E-state index contributed by atoms with van der Waals surface area (Å²) in [6.07, 6.45) is 1.55. The van der Waals surface area contributed by atoms with Crippen molar-refractivity contribution in [2.24, 2.45) is 5.73 Å². The van der Waals surface area contributed by atoms with Gasteiger partial charge in [-0.3, -0.25) is 14.4 Å². The quantitative estimate of drug-likeness (QED) is 0.491. The second-order valence-corrected chi connectivity index (χ2v) is 7.90. The Balaban J connectivity index is 0.00000408. The van der Waals surface area contributed by atoms with E-state index in [2.05, 4.69) is 29.0 Å². The van der Waals surface area contributed by atoms with Crippen molar-refractivity contribution in [3.8, 4) is 0 Å². The molecule has 184 valence electrons. The number of aryl methyl sites for hydroxylation is 1. The molecule has 1 aliphatic rings. The van der Waals surface area contributed by atoms with Gasteiger partial charge in [0, 0.05) is 30.0 Å². The first-order chi connectivity index (χ1) is 15.7. The standard InChI is InChI=1S/C24H30FN5O3.ClH/c1-5-29(6-2)10-9-27-23(32)22-14(3)19(28-15(22)4)12-18-17-11-16(25)7-8-20(17)30(24(18)33)21(31)13-26;/h7-8,11-12,28H,5-6,9-10,13,26H2,1-4H3,(H,27,32);1H/b18-12-;. The van der Waals surface area contributed by atoms with Crippen molar-refractivity contribution in [2.45, 2.75) is 27.7 Å². The Kier molecular flexibility index (Phi) is 9.14. The van der Waals surface area contributed by atoms with Crippen LogP contribution in [0.2, 0.25) is 0 Å². The summed E-state index contributed by atoms with van der Waals surface area (Å²) in [5.74, 6) is -1.89. The Hall–Kier alpha value is -3.01. The van der Waals surface area contributed by atoms with Crippen LogP contribution >= 0.6 is 12.4 Å². The van der Waals surface area contributed by atoms with Gasteiger partial charge in [0.15, 0.2) is 0 Å². The number of fused-ring (bicyclic) bond motifs is 1. The number of imide groups is 1. The molecule has 8 nitrogen and oxygen atoms in total. The zero-order valence-electron chi connectivity index (χ0n) is 19.8. The molecule has 0 bridgehead atoms. The number of aromatic amines is 1. The minimum atomic E-state index is -0.581. The molecule has 1 aromatic carbocycles. The molecule has 3 amide bonds. The van der Waals surface area contributed by atoms with E-state index in [1.54, 1.807) is 19.9 Å². The van der Waals surface area contributed by atoms with Gasteiger partial charge < -0.3 is 20.9 Å². The van der Waals surface area contributed by atoms with Gasteiger partial charge in [0.05, 0.1) is 23.4 Å². The first-order valence-electron chi connectivity index (χ1n) is 11.0. The van der Waals surface area contributed by atoms with E-state index in [4.69, 9.17) is 5.73 Å². The van der Waals surface area contributed by atoms with E-state index in [-0.39, 0.29) is 30.4 Å². The SMILES string of the molecule is CCN(CC)CCNC(=O)c1c(C)[nH]c(/C=C2\C(=O)N(C(=O)CN)c3ccc(F)cc32)c1C.Cl. The third-order valence-corrected chi connectivity index (χ3v) is 5.95. The minimum Gasteiger partial charge on any atom is -0.358 e. The molecule has 1 aliphatic heterocycles. The van der Waals surface area contributed by atoms with Crippen molar-refractivity contribution >= 4 is 47.5 Å². The number of likely N-dealkylation sites (N-methyl/N-ethyl adjacent to an activating group) is 1. The van der Waals surface area contributed by atoms with Gasteiger partial charge in [0.25, 0.3) is 11.8 Å². The maximum absolute atomic E-state index is 14.0. The minimum absolute atomic E-state index is 0. The number of nitrogens with zero attached hydrogens (tertiary/aromatic N) is 2. The average Bonchev–Trinajstić information content (AvgIpc) is 3.22. The highest BCUT2D eigenvalue weighted by molar-refractivity contribution is 6.42. The number of anilines is 1. The molecule has 4 N–H and O–H groups in total. The molecular formula is C24H31ClFN5O3. The van der Waals surface area contributed by atoms with E-state index < -0.39 is 17.6 Å². The fraction of sp³-hybridized carbons (Fsp3) is 0.375. The van der Waals surface area contributed by atoms with E-state index in [1.807, 2.05) is 0 Å². The first-order valence-corrected chi connectivity index (χ1v) is 11.0. The second kappa shape index (κ2) is 11.4. The lowest BCUT2D eigenvalue weighted by Gasteiger charge is -2.18. The Morgan fingerprint density at radius 2 is 1.91 bits per heavy atom. The molecule has 34 heavy (non-hydrogen) atoms. The van der Waals surface area contributed by atoms with Crippen molar-refractivity contribution in [2.75, 3.05) is 37.6 Å². The van der Waals surface area contributed by atoms with Crippen LogP contribution in [0.3, 0.4) is 0 Å². The number of carbonyl (C=O) groups is 3. The summed E-state index contributed by atoms with van der Waals surface area (Å²) in [5.41, 5.74) is 8.58. The Labute approximate surface area is 204 Å². The van der Waals surface area contributed by atoms with Crippen LogP contribution in [0.25, 0.3) is 11.6 Å². The smallest absolute Gasteiger partial charge is 0.265 e. The van der Waals surface area contributed by atoms with Crippen molar-refractivity contribution < 1.29 is 18.8 Å². The number of hydrogen-bond acceptors (Lipinski definition) is 5. The summed E-state index contributed by atoms with van der Waals surface area (Å²) in [6, 6.07) is 3.80. The van der Waals surface area contributed by atoms with E-state index in [9.17, 15) is 18.8 Å². The molecule has 0 unspecified atom stereocenters. The number of hydrogen-bond donors (Lipinski definition) is 3. The third-order valence-electron chi connectivity index (χ3n) is 5.95. The van der Waals surface area contributed by atoms with Gasteiger partial charge in [0.2, 0.25) is 5.91 Å². The highest BCUT2D eigenvalue weighted by Gasteiger charge is 2.36. The lowest BCUT2D eigenvalue weighted by atomic mass is 10.0. The Morgan fingerprint density at radius 3 is 2.53 bits per heavy atom. The van der Waals surface area contributed by atoms with Crippen LogP contribution in [-0.4, -0.2) is 60.3 Å². The molecular weight excluding hydrogens is 461 g/mol. The van der Waals surface area contributed by atoms with Crippen molar-refractivity contribution in [1.29, 1.82) is 0 Å². The van der Waals surface area contributed by atoms with Gasteiger partial charge in [-0.2, -0.15) is 0 Å². The van der Waals surface area contributed by atoms with Gasteiger partial charge >= 0.3 is 0 Å². The number of H-pyrrole nitrogens is 1. The number of halogens is 2. The molecule has 3 rings (SSSR count). The molecule has 0 fully saturated rings. The fourth-order valence-corrected chi connectivity index (χ4v) is 4.10. The molecule has 0 saturated heterocycles. The van der Waals surface area contributed by atoms with E-state index >= 15 is 0 Å². The summed E-state index contributed by atoms with van der Waals surface area (Å²) < 4.78 is 14.0. The lowest BCUT2D eigenvalue weighted by Crippen LogP contribution is -2.38. The zero-order valence-corrected chi connectivity index (χ0v) is 20.6. The second-order valence-electron chi connectivity index (χ2n) is 7.90. The van der Waals surface area contributed by atoms with Crippen LogP contribution in [0.15, 0.2) is 18.2 Å². The van der Waals surface area contributed by atoms with Gasteiger partial charge in [-0.05, 0) is 56.8 Å². The van der Waals surface area contributed by atoms with Gasteiger partial charge in [-0.25, -0.2) is 9.29 Å². The molecule has 0 radical (unpaired) electrons. The first kappa shape index (κ1) is 27.2. The highest BCUT2D eigenvalue weighted by atomic mass is 35.5. The molecule has 0 atom stereocenters. The number of rotatable bonds is 8. The van der Waals surface area contributed by atoms with Gasteiger partial charge in [0.1, 0.15) is 5.82 Å². The third kappa shape index (κ3) is 5.22. The highest BCUT2D eigenvalue weighted by Crippen LogP contribution is 2.38. The van der Waals surface area contributed by atoms with Crippen molar-refractivity contribution in [3.05, 3.63) is 52.1 Å². The fourth-order valence-electron chi connectivity index (χ4n) is 4.10. The van der Waals surface area contributed by atoms with Crippen LogP contribution < -0.4 is 16.0 Å². The monoisotopic (exact) mass is 491 g/mol. The number of amides is 3. The number of nitrogens with one attached hydrogen (secondary N) is 2. The maximum Gasteiger partial charge on any atom is 0.265 e. The van der Waals surface area contributed by atoms with Crippen LogP contribution in [-0.2, 0) is 9.59 Å². The van der Waals surface area contributed by atoms with Crippen molar-refractivity contribution in [1.82, 2.24) is 15.2 Å². The molecule has 2 heterocycles. The topological polar surface area (TPSA) is 112 Å². The summed E-state index contributed by atoms with van der Waals surface area (Å²) in [5, 5.41) is 2.94. The molecule has 2 aromatic rings. The van der Waals surface area contributed by atoms with Crippen LogP contribution in [0.4, 0.5) is 10.1 Å². The van der Waals surface area contributed by atoms with E-state index in [1.165, 1.54) is 18.2 Å². The Morgan fingerprint density at radius 1 is 1.24 bits per heavy atom. The van der Waals surface area contributed by atoms with E-state index in [0.29, 0.717) is 40.3 Å². The number of nitrogens with two attached hydrogens (primary N) is 1. The average molecular weight is 492 g/mol. The Bertz CT molecular complexity index is 1120. The molecule has 0 aliphatic carbocycles. The van der Waals surface area contributed by atoms with Gasteiger partial charge in [-0.15, -0.1) is 12.4 Å². The predicted octanol–water partition coefficient (Wildman–Crippen LogP) is 2.64. The zero-order chi connectivity index (χ0) is 24.3. The maximum atomic E-state index is 14.0. The molecule has 0 spiro atoms. The number of benzene rings is 1. The predicted molar refractivity (Wildman–Crippen MR) is 133 cm³/mol. The molecule has 1 aromatic heterocycles. The number of carbonyl (C=O) groups excluding carboxylic acids is 3. The summed E-state index contributed by atoms with van der Waals surface area (Å²) in [7, 11) is 0. The largest absolute Gasteiger partial charge is 0.358 e. The van der Waals surface area contributed by atoms with E-state index in [0.717, 1.165) is 24.5 Å². The summed E-state index contributed by atoms with van der Waals surface area (Å²) >= 11 is 0. The van der Waals surface area contributed by atoms with Crippen LogP contribution in [0.1, 0.15) is 46.7 Å². The summed E-state index contributed by atoms with van der Waals surface area (Å²) in [4.78, 5) is 44.5. The van der Waals surface area contributed by atoms with Crippen molar-refractivity contribution in [3.63, 3.8) is 0 Å². The van der Waals surface area contributed by atoms with Crippen LogP contribution in [0, 0.1) is 19.7 Å². The van der Waals surface area contributed by atoms with Crippen LogP contribution in [0.5, 0.6) is 0 Å². The van der Waals surface area contributed by atoms with Gasteiger partial charge in [-0.1, -0.05) is 13.8 Å². The number of aromatic nitrogens is 1.